The third-order valence-electron chi connectivity index (χ3n) is 3.07. The van der Waals surface area contributed by atoms with Crippen molar-refractivity contribution in [3.8, 4) is 0 Å². The second-order valence-electron chi connectivity index (χ2n) is 4.20. The van der Waals surface area contributed by atoms with Crippen molar-refractivity contribution >= 4 is 23.1 Å². The van der Waals surface area contributed by atoms with Gasteiger partial charge in [0.2, 0.25) is 0 Å². The Labute approximate surface area is 98.1 Å². The molecule has 1 fully saturated rings. The Morgan fingerprint density at radius 2 is 1.94 bits per heavy atom. The molecule has 1 aliphatic carbocycles. The minimum atomic E-state index is -0.951. The van der Waals surface area contributed by atoms with Gasteiger partial charge < -0.3 is 5.11 Å². The maximum absolute atomic E-state index is 12.0. The number of aromatic carboxylic acids is 1. The predicted molar refractivity (Wildman–Crippen MR) is 62.2 cm³/mol. The summed E-state index contributed by atoms with van der Waals surface area (Å²) >= 11 is 1.13. The molecule has 3 nitrogen and oxygen atoms in total. The van der Waals surface area contributed by atoms with E-state index in [1.807, 2.05) is 0 Å². The lowest BCUT2D eigenvalue weighted by Gasteiger charge is -2.19. The first kappa shape index (κ1) is 11.3. The van der Waals surface area contributed by atoms with Gasteiger partial charge in [0.15, 0.2) is 5.78 Å². The van der Waals surface area contributed by atoms with Gasteiger partial charge >= 0.3 is 5.97 Å². The van der Waals surface area contributed by atoms with Crippen LogP contribution >= 0.6 is 11.3 Å². The Balaban J connectivity index is 2.10. The molecule has 2 rings (SSSR count). The van der Waals surface area contributed by atoms with E-state index in [4.69, 9.17) is 5.11 Å². The Bertz CT molecular complexity index is 402. The number of ketones is 1. The molecule has 1 aliphatic rings. The van der Waals surface area contributed by atoms with E-state index in [1.54, 1.807) is 5.38 Å². The number of hydrogen-bond acceptors (Lipinski definition) is 3. The van der Waals surface area contributed by atoms with Crippen LogP contribution in [0.15, 0.2) is 11.4 Å². The van der Waals surface area contributed by atoms with Crippen LogP contribution in [0, 0.1) is 5.92 Å². The summed E-state index contributed by atoms with van der Waals surface area (Å²) in [6.45, 7) is 0. The van der Waals surface area contributed by atoms with Crippen molar-refractivity contribution in [3.63, 3.8) is 0 Å². The largest absolute Gasteiger partial charge is 0.477 e. The second kappa shape index (κ2) is 4.78. The molecule has 86 valence electrons. The number of carbonyl (C=O) groups is 2. The highest BCUT2D eigenvalue weighted by molar-refractivity contribution is 7.12. The van der Waals surface area contributed by atoms with E-state index in [2.05, 4.69) is 0 Å². The average Bonchev–Trinajstić information content (AvgIpc) is 2.78. The van der Waals surface area contributed by atoms with E-state index in [-0.39, 0.29) is 16.6 Å². The van der Waals surface area contributed by atoms with Gasteiger partial charge in [-0.2, -0.15) is 0 Å². The minimum Gasteiger partial charge on any atom is -0.477 e. The van der Waals surface area contributed by atoms with E-state index < -0.39 is 5.97 Å². The number of thiophene rings is 1. The molecular weight excluding hydrogens is 224 g/mol. The molecule has 4 heteroatoms. The van der Waals surface area contributed by atoms with Crippen molar-refractivity contribution in [1.82, 2.24) is 0 Å². The molecule has 1 heterocycles. The zero-order valence-corrected chi connectivity index (χ0v) is 9.76. The van der Waals surface area contributed by atoms with E-state index in [0.717, 1.165) is 37.0 Å². The van der Waals surface area contributed by atoms with Gasteiger partial charge in [0.05, 0.1) is 0 Å². The highest BCUT2D eigenvalue weighted by Crippen LogP contribution is 2.28. The Morgan fingerprint density at radius 1 is 1.25 bits per heavy atom. The standard InChI is InChI=1S/C12H14O3S/c13-11(8-4-2-1-3-5-8)9-6-10(12(14)15)16-7-9/h6-8H,1-5H2,(H,14,15). The van der Waals surface area contributed by atoms with Crippen LogP contribution in [-0.2, 0) is 0 Å². The normalized spacial score (nSPS) is 17.2. The van der Waals surface area contributed by atoms with Crippen LogP contribution in [0.1, 0.15) is 52.1 Å². The van der Waals surface area contributed by atoms with Crippen LogP contribution < -0.4 is 0 Å². The number of carboxylic acids is 1. The molecule has 0 amide bonds. The summed E-state index contributed by atoms with van der Waals surface area (Å²) in [4.78, 5) is 23.0. The van der Waals surface area contributed by atoms with Crippen molar-refractivity contribution in [2.24, 2.45) is 5.92 Å². The third kappa shape index (κ3) is 2.32. The average molecular weight is 238 g/mol. The lowest BCUT2D eigenvalue weighted by Crippen LogP contribution is -2.17. The third-order valence-corrected chi connectivity index (χ3v) is 3.99. The maximum Gasteiger partial charge on any atom is 0.345 e. The van der Waals surface area contributed by atoms with Gasteiger partial charge in [-0.15, -0.1) is 11.3 Å². The van der Waals surface area contributed by atoms with Crippen LogP contribution in [0.5, 0.6) is 0 Å². The summed E-state index contributed by atoms with van der Waals surface area (Å²) in [5, 5.41) is 10.5. The Hall–Kier alpha value is -1.16. The van der Waals surface area contributed by atoms with Crippen molar-refractivity contribution in [3.05, 3.63) is 21.9 Å². The highest BCUT2D eigenvalue weighted by atomic mass is 32.1. The fourth-order valence-corrected chi connectivity index (χ4v) is 2.91. The van der Waals surface area contributed by atoms with Crippen LogP contribution in [0.2, 0.25) is 0 Å². The van der Waals surface area contributed by atoms with Crippen molar-refractivity contribution in [2.75, 3.05) is 0 Å². The van der Waals surface area contributed by atoms with Crippen molar-refractivity contribution < 1.29 is 14.7 Å². The fraction of sp³-hybridized carbons (Fsp3) is 0.500. The Morgan fingerprint density at radius 3 is 2.50 bits per heavy atom. The van der Waals surface area contributed by atoms with E-state index in [1.165, 1.54) is 12.5 Å². The molecule has 0 bridgehead atoms. The van der Waals surface area contributed by atoms with Crippen LogP contribution in [-0.4, -0.2) is 16.9 Å². The summed E-state index contributed by atoms with van der Waals surface area (Å²) < 4.78 is 0. The predicted octanol–water partition coefficient (Wildman–Crippen LogP) is 3.21. The quantitative estimate of drug-likeness (QED) is 0.823. The summed E-state index contributed by atoms with van der Waals surface area (Å²) in [5.41, 5.74) is 0.578. The first-order chi connectivity index (χ1) is 7.68. The lowest BCUT2D eigenvalue weighted by atomic mass is 9.84. The van der Waals surface area contributed by atoms with Gasteiger partial charge in [-0.3, -0.25) is 4.79 Å². The smallest absolute Gasteiger partial charge is 0.345 e. The number of hydrogen-bond donors (Lipinski definition) is 1. The molecule has 0 unspecified atom stereocenters. The molecule has 0 radical (unpaired) electrons. The SMILES string of the molecule is O=C(O)c1cc(C(=O)C2CCCCC2)cs1. The summed E-state index contributed by atoms with van der Waals surface area (Å²) in [6.07, 6.45) is 5.36. The van der Waals surface area contributed by atoms with Gasteiger partial charge in [0, 0.05) is 16.9 Å². The summed E-state index contributed by atoms with van der Waals surface area (Å²) in [5.74, 6) is -0.707. The van der Waals surface area contributed by atoms with Crippen molar-refractivity contribution in [1.29, 1.82) is 0 Å². The summed E-state index contributed by atoms with van der Waals surface area (Å²) in [6, 6.07) is 1.50. The number of rotatable bonds is 3. The number of carboxylic acid groups (broad SMARTS) is 1. The maximum atomic E-state index is 12.0. The molecule has 1 N–H and O–H groups in total. The zero-order chi connectivity index (χ0) is 11.5. The Kier molecular flexibility index (Phi) is 3.39. The van der Waals surface area contributed by atoms with Crippen molar-refractivity contribution in [2.45, 2.75) is 32.1 Å². The zero-order valence-electron chi connectivity index (χ0n) is 8.94. The van der Waals surface area contributed by atoms with E-state index >= 15 is 0 Å². The monoisotopic (exact) mass is 238 g/mol. The highest BCUT2D eigenvalue weighted by Gasteiger charge is 2.23. The van der Waals surface area contributed by atoms with Crippen LogP contribution in [0.4, 0.5) is 0 Å². The molecule has 0 atom stereocenters. The molecule has 1 saturated carbocycles. The first-order valence-corrected chi connectivity index (χ1v) is 6.42. The van der Waals surface area contributed by atoms with Gasteiger partial charge in [-0.05, 0) is 18.9 Å². The van der Waals surface area contributed by atoms with Gasteiger partial charge in [-0.25, -0.2) is 4.79 Å². The van der Waals surface area contributed by atoms with Gasteiger partial charge in [-0.1, -0.05) is 19.3 Å². The molecule has 0 aromatic carbocycles. The molecule has 16 heavy (non-hydrogen) atoms. The second-order valence-corrected chi connectivity index (χ2v) is 5.12. The van der Waals surface area contributed by atoms with Crippen LogP contribution in [0.3, 0.4) is 0 Å². The molecule has 0 spiro atoms. The first-order valence-electron chi connectivity index (χ1n) is 5.54. The minimum absolute atomic E-state index is 0.116. The molecule has 1 aromatic heterocycles. The summed E-state index contributed by atoms with van der Waals surface area (Å²) in [7, 11) is 0. The van der Waals surface area contributed by atoms with E-state index in [0.29, 0.717) is 5.56 Å². The van der Waals surface area contributed by atoms with E-state index in [9.17, 15) is 9.59 Å². The van der Waals surface area contributed by atoms with Gasteiger partial charge in [0.1, 0.15) is 4.88 Å². The lowest BCUT2D eigenvalue weighted by molar-refractivity contribution is 0.0702. The molecule has 1 aromatic rings. The molecular formula is C12H14O3S. The number of carbonyl (C=O) groups excluding carboxylic acids is 1. The number of Topliss-reactive ketones (excluding diaryl/α,β-unsaturated/α-hetero) is 1. The van der Waals surface area contributed by atoms with Crippen LogP contribution in [0.25, 0.3) is 0 Å². The van der Waals surface area contributed by atoms with Gasteiger partial charge in [0.25, 0.3) is 0 Å². The fourth-order valence-electron chi connectivity index (χ4n) is 2.18. The molecule has 0 saturated heterocycles. The topological polar surface area (TPSA) is 54.4 Å². The molecule has 0 aliphatic heterocycles.